The number of benzene rings is 2. The second-order valence-electron chi connectivity index (χ2n) is 5.64. The van der Waals surface area contributed by atoms with Crippen LogP contribution >= 0.6 is 0 Å². The molecule has 124 valence electrons. The van der Waals surface area contributed by atoms with Crippen LogP contribution in [0.15, 0.2) is 48.5 Å². The molecule has 0 aromatic heterocycles. The van der Waals surface area contributed by atoms with Crippen LogP contribution in [-0.4, -0.2) is 12.6 Å². The molecule has 1 N–H and O–H groups in total. The molecule has 0 aliphatic carbocycles. The van der Waals surface area contributed by atoms with Gasteiger partial charge in [0, 0.05) is 18.2 Å². The summed E-state index contributed by atoms with van der Waals surface area (Å²) in [6.45, 7) is 8.31. The number of hydrogen-bond donors (Lipinski definition) is 1. The van der Waals surface area contributed by atoms with E-state index in [-0.39, 0.29) is 0 Å². The van der Waals surface area contributed by atoms with E-state index < -0.39 is 0 Å². The first-order valence-corrected chi connectivity index (χ1v) is 8.39. The summed E-state index contributed by atoms with van der Waals surface area (Å²) in [5.74, 6) is 1.65. The van der Waals surface area contributed by atoms with Crippen LogP contribution in [0.5, 0.6) is 11.5 Å². The lowest BCUT2D eigenvalue weighted by Crippen LogP contribution is -2.24. The first kappa shape index (κ1) is 17.4. The van der Waals surface area contributed by atoms with Gasteiger partial charge >= 0.3 is 0 Å². The third kappa shape index (κ3) is 5.29. The monoisotopic (exact) mass is 313 g/mol. The second kappa shape index (κ2) is 9.21. The third-order valence-electron chi connectivity index (χ3n) is 3.84. The van der Waals surface area contributed by atoms with E-state index in [1.807, 2.05) is 37.3 Å². The van der Waals surface area contributed by atoms with Crippen molar-refractivity contribution in [2.24, 2.45) is 0 Å². The van der Waals surface area contributed by atoms with Crippen molar-refractivity contribution in [2.45, 2.75) is 46.4 Å². The lowest BCUT2D eigenvalue weighted by Gasteiger charge is -2.18. The zero-order chi connectivity index (χ0) is 16.5. The van der Waals surface area contributed by atoms with Gasteiger partial charge in [0.15, 0.2) is 11.5 Å². The van der Waals surface area contributed by atoms with Crippen molar-refractivity contribution < 1.29 is 9.47 Å². The van der Waals surface area contributed by atoms with Gasteiger partial charge in [-0.25, -0.2) is 0 Å². The summed E-state index contributed by atoms with van der Waals surface area (Å²) in [5, 5.41) is 3.52. The first-order chi connectivity index (χ1) is 11.2. The molecule has 1 atom stereocenters. The molecular formula is C20H27NO2. The van der Waals surface area contributed by atoms with Crippen molar-refractivity contribution in [3.05, 3.63) is 59.7 Å². The van der Waals surface area contributed by atoms with Crippen LogP contribution < -0.4 is 14.8 Å². The molecule has 0 heterocycles. The summed E-state index contributed by atoms with van der Waals surface area (Å²) in [5.41, 5.74) is 2.28. The normalized spacial score (nSPS) is 12.0. The molecular weight excluding hydrogens is 286 g/mol. The van der Waals surface area contributed by atoms with Gasteiger partial charge in [0.2, 0.25) is 0 Å². The highest BCUT2D eigenvalue weighted by Crippen LogP contribution is 2.32. The molecule has 0 spiro atoms. The molecule has 0 saturated carbocycles. The molecule has 2 aromatic carbocycles. The number of nitrogens with one attached hydrogen (secondary N) is 1. The van der Waals surface area contributed by atoms with E-state index in [0.717, 1.165) is 35.6 Å². The van der Waals surface area contributed by atoms with Gasteiger partial charge in [-0.15, -0.1) is 0 Å². The Kier molecular flexibility index (Phi) is 6.95. The van der Waals surface area contributed by atoms with Gasteiger partial charge in [0.1, 0.15) is 6.61 Å². The maximum atomic E-state index is 6.11. The Balaban J connectivity index is 2.15. The van der Waals surface area contributed by atoms with Crippen molar-refractivity contribution in [1.82, 2.24) is 5.32 Å². The minimum Gasteiger partial charge on any atom is -0.490 e. The summed E-state index contributed by atoms with van der Waals surface area (Å²) in [6, 6.07) is 16.8. The number of ether oxygens (including phenoxy) is 2. The molecule has 0 unspecified atom stereocenters. The van der Waals surface area contributed by atoms with Crippen LogP contribution in [0.2, 0.25) is 0 Å². The standard InChI is InChI=1S/C20H27NO2/c1-4-16(3)21-14-18-12-9-13-19(22-5-2)20(18)23-15-17-10-7-6-8-11-17/h6-13,16,21H,4-5,14-15H2,1-3H3/t16-/m1/s1. The van der Waals surface area contributed by atoms with Crippen molar-refractivity contribution in [1.29, 1.82) is 0 Å². The van der Waals surface area contributed by atoms with E-state index in [1.54, 1.807) is 0 Å². The Bertz CT molecular complexity index is 583. The highest BCUT2D eigenvalue weighted by molar-refractivity contribution is 5.46. The molecule has 3 heteroatoms. The Hall–Kier alpha value is -2.00. The van der Waals surface area contributed by atoms with Gasteiger partial charge in [0.25, 0.3) is 0 Å². The van der Waals surface area contributed by atoms with Crippen LogP contribution in [0, 0.1) is 0 Å². The topological polar surface area (TPSA) is 30.5 Å². The lowest BCUT2D eigenvalue weighted by molar-refractivity contribution is 0.265. The first-order valence-electron chi connectivity index (χ1n) is 8.39. The fourth-order valence-corrected chi connectivity index (χ4v) is 2.29. The van der Waals surface area contributed by atoms with Crippen molar-refractivity contribution in [3.8, 4) is 11.5 Å². The van der Waals surface area contributed by atoms with Crippen molar-refractivity contribution in [3.63, 3.8) is 0 Å². The fraction of sp³-hybridized carbons (Fsp3) is 0.400. The van der Waals surface area contributed by atoms with Gasteiger partial charge < -0.3 is 14.8 Å². The minimum atomic E-state index is 0.479. The largest absolute Gasteiger partial charge is 0.490 e. The molecule has 23 heavy (non-hydrogen) atoms. The average molecular weight is 313 g/mol. The number of para-hydroxylation sites is 1. The van der Waals surface area contributed by atoms with E-state index in [0.29, 0.717) is 19.3 Å². The van der Waals surface area contributed by atoms with Crippen LogP contribution in [0.1, 0.15) is 38.3 Å². The van der Waals surface area contributed by atoms with Gasteiger partial charge in [-0.2, -0.15) is 0 Å². The Morgan fingerprint density at radius 3 is 2.43 bits per heavy atom. The molecule has 0 fully saturated rings. The summed E-state index contributed by atoms with van der Waals surface area (Å²) in [7, 11) is 0. The predicted molar refractivity (Wildman–Crippen MR) is 95.0 cm³/mol. The zero-order valence-electron chi connectivity index (χ0n) is 14.3. The summed E-state index contributed by atoms with van der Waals surface area (Å²) in [6.07, 6.45) is 1.10. The SMILES string of the molecule is CCOc1cccc(CN[C@H](C)CC)c1OCc1ccccc1. The molecule has 0 aliphatic rings. The van der Waals surface area contributed by atoms with E-state index in [2.05, 4.69) is 37.4 Å². The van der Waals surface area contributed by atoms with Gasteiger partial charge in [-0.3, -0.25) is 0 Å². The molecule has 0 amide bonds. The number of rotatable bonds is 9. The molecule has 3 nitrogen and oxygen atoms in total. The smallest absolute Gasteiger partial charge is 0.166 e. The minimum absolute atomic E-state index is 0.479. The Labute approximate surface area is 139 Å². The van der Waals surface area contributed by atoms with Crippen LogP contribution in [0.3, 0.4) is 0 Å². The van der Waals surface area contributed by atoms with E-state index >= 15 is 0 Å². The molecule has 0 radical (unpaired) electrons. The summed E-state index contributed by atoms with van der Waals surface area (Å²) >= 11 is 0. The molecule has 0 aliphatic heterocycles. The highest BCUT2D eigenvalue weighted by Gasteiger charge is 2.12. The van der Waals surface area contributed by atoms with Crippen LogP contribution in [0.25, 0.3) is 0 Å². The van der Waals surface area contributed by atoms with Crippen molar-refractivity contribution in [2.75, 3.05) is 6.61 Å². The summed E-state index contributed by atoms with van der Waals surface area (Å²) < 4.78 is 11.9. The molecule has 0 saturated heterocycles. The number of hydrogen-bond acceptors (Lipinski definition) is 3. The second-order valence-corrected chi connectivity index (χ2v) is 5.64. The fourth-order valence-electron chi connectivity index (χ4n) is 2.29. The van der Waals surface area contributed by atoms with Gasteiger partial charge in [-0.05, 0) is 31.9 Å². The quantitative estimate of drug-likeness (QED) is 0.736. The Morgan fingerprint density at radius 2 is 1.74 bits per heavy atom. The highest BCUT2D eigenvalue weighted by atomic mass is 16.5. The Morgan fingerprint density at radius 1 is 0.957 bits per heavy atom. The summed E-state index contributed by atoms with van der Waals surface area (Å²) in [4.78, 5) is 0. The molecule has 0 bridgehead atoms. The van der Waals surface area contributed by atoms with Gasteiger partial charge in [-0.1, -0.05) is 49.4 Å². The van der Waals surface area contributed by atoms with Crippen LogP contribution in [0.4, 0.5) is 0 Å². The van der Waals surface area contributed by atoms with Gasteiger partial charge in [0.05, 0.1) is 6.61 Å². The van der Waals surface area contributed by atoms with Crippen LogP contribution in [-0.2, 0) is 13.2 Å². The lowest BCUT2D eigenvalue weighted by atomic mass is 10.1. The molecule has 2 rings (SSSR count). The maximum absolute atomic E-state index is 6.11. The zero-order valence-corrected chi connectivity index (χ0v) is 14.3. The van der Waals surface area contributed by atoms with E-state index in [9.17, 15) is 0 Å². The maximum Gasteiger partial charge on any atom is 0.166 e. The average Bonchev–Trinajstić information content (AvgIpc) is 2.60. The van der Waals surface area contributed by atoms with Crippen molar-refractivity contribution >= 4 is 0 Å². The van der Waals surface area contributed by atoms with E-state index in [1.165, 1.54) is 0 Å². The third-order valence-corrected chi connectivity index (χ3v) is 3.84. The predicted octanol–water partition coefficient (Wildman–Crippen LogP) is 4.55. The van der Waals surface area contributed by atoms with E-state index in [4.69, 9.17) is 9.47 Å². The molecule has 2 aromatic rings.